The van der Waals surface area contributed by atoms with Crippen molar-refractivity contribution in [3.8, 4) is 0 Å². The summed E-state index contributed by atoms with van der Waals surface area (Å²) in [5, 5.41) is 13.2. The first-order chi connectivity index (χ1) is 9.51. The van der Waals surface area contributed by atoms with E-state index in [1.807, 2.05) is 0 Å². The zero-order chi connectivity index (χ0) is 16.0. The van der Waals surface area contributed by atoms with E-state index < -0.39 is 48.1 Å². The Kier molecular flexibility index (Phi) is 3.88. The van der Waals surface area contributed by atoms with Gasteiger partial charge >= 0.3 is 12.1 Å². The molecule has 0 aromatic rings. The Balaban J connectivity index is 2.16. The molecule has 1 saturated carbocycles. The molecule has 4 nitrogen and oxygen atoms in total. The largest absolute Gasteiger partial charge is 0.480 e. The molecule has 0 saturated heterocycles. The lowest BCUT2D eigenvalue weighted by Crippen LogP contribution is -2.42. The summed E-state index contributed by atoms with van der Waals surface area (Å²) < 4.78 is 64.6. The lowest BCUT2D eigenvalue weighted by atomic mass is 9.96. The van der Waals surface area contributed by atoms with E-state index in [9.17, 15) is 26.7 Å². The molecule has 0 aromatic heterocycles. The van der Waals surface area contributed by atoms with Crippen LogP contribution < -0.4 is 0 Å². The fourth-order valence-electron chi connectivity index (χ4n) is 2.97. The molecule has 2 aliphatic rings. The Bertz CT molecular complexity index is 463. The van der Waals surface area contributed by atoms with Crippen LogP contribution in [0, 0.1) is 11.8 Å². The average Bonchev–Trinajstić information content (AvgIpc) is 2.79. The molecular formula is C12H15F5N2O2. The van der Waals surface area contributed by atoms with Gasteiger partial charge in [-0.05, 0) is 12.3 Å². The van der Waals surface area contributed by atoms with E-state index >= 15 is 0 Å². The van der Waals surface area contributed by atoms with E-state index in [4.69, 9.17) is 5.11 Å². The van der Waals surface area contributed by atoms with E-state index in [2.05, 4.69) is 5.10 Å². The van der Waals surface area contributed by atoms with Crippen LogP contribution in [0.3, 0.4) is 0 Å². The van der Waals surface area contributed by atoms with Crippen molar-refractivity contribution < 1.29 is 31.9 Å². The van der Waals surface area contributed by atoms with Crippen molar-refractivity contribution in [3.63, 3.8) is 0 Å². The normalized spacial score (nSPS) is 32.4. The average molecular weight is 314 g/mol. The van der Waals surface area contributed by atoms with Crippen LogP contribution in [-0.4, -0.2) is 46.5 Å². The van der Waals surface area contributed by atoms with Gasteiger partial charge in [-0.15, -0.1) is 0 Å². The van der Waals surface area contributed by atoms with E-state index in [1.165, 1.54) is 0 Å². The van der Waals surface area contributed by atoms with Crippen LogP contribution in [0.5, 0.6) is 0 Å². The summed E-state index contributed by atoms with van der Waals surface area (Å²) in [5.74, 6) is -6.14. The first-order valence-electron chi connectivity index (χ1n) is 6.54. The van der Waals surface area contributed by atoms with Crippen molar-refractivity contribution in [1.29, 1.82) is 0 Å². The van der Waals surface area contributed by atoms with E-state index in [-0.39, 0.29) is 19.4 Å². The SMILES string of the molecule is CC1C(C(F)(F)F)=NN(CC2CCC(F)(F)C2)C1C(=O)O. The predicted molar refractivity (Wildman–Crippen MR) is 63.1 cm³/mol. The lowest BCUT2D eigenvalue weighted by molar-refractivity contribution is -0.144. The molecule has 0 aromatic carbocycles. The number of aliphatic carboxylic acids is 1. The first kappa shape index (κ1) is 16.0. The number of hydrogen-bond acceptors (Lipinski definition) is 3. The second-order valence-corrected chi connectivity index (χ2v) is 5.64. The van der Waals surface area contributed by atoms with Crippen LogP contribution in [0.4, 0.5) is 22.0 Å². The fourth-order valence-corrected chi connectivity index (χ4v) is 2.97. The van der Waals surface area contributed by atoms with Crippen molar-refractivity contribution in [1.82, 2.24) is 5.01 Å². The summed E-state index contributed by atoms with van der Waals surface area (Å²) in [6, 6.07) is -1.46. The van der Waals surface area contributed by atoms with Gasteiger partial charge < -0.3 is 5.11 Å². The van der Waals surface area contributed by atoms with Crippen LogP contribution in [0.25, 0.3) is 0 Å². The maximum atomic E-state index is 13.1. The molecule has 0 bridgehead atoms. The van der Waals surface area contributed by atoms with E-state index in [0.29, 0.717) is 0 Å². The summed E-state index contributed by atoms with van der Waals surface area (Å²) in [6.07, 6.45) is -5.34. The number of hydrogen-bond donors (Lipinski definition) is 1. The highest BCUT2D eigenvalue weighted by Crippen LogP contribution is 2.40. The van der Waals surface area contributed by atoms with Crippen LogP contribution in [0.1, 0.15) is 26.2 Å². The monoisotopic (exact) mass is 314 g/mol. The molecule has 3 atom stereocenters. The quantitative estimate of drug-likeness (QED) is 0.815. The summed E-state index contributed by atoms with van der Waals surface area (Å²) >= 11 is 0. The molecule has 1 heterocycles. The van der Waals surface area contributed by atoms with Gasteiger partial charge in [0.15, 0.2) is 6.04 Å². The predicted octanol–water partition coefficient (Wildman–Crippen LogP) is 2.75. The lowest BCUT2D eigenvalue weighted by Gasteiger charge is -2.25. The molecule has 1 aliphatic heterocycles. The van der Waals surface area contributed by atoms with Gasteiger partial charge in [0.1, 0.15) is 5.71 Å². The van der Waals surface area contributed by atoms with Crippen molar-refractivity contribution in [2.45, 2.75) is 44.3 Å². The van der Waals surface area contributed by atoms with Gasteiger partial charge in [-0.2, -0.15) is 18.3 Å². The number of carboxylic acid groups (broad SMARTS) is 1. The van der Waals surface area contributed by atoms with Gasteiger partial charge in [-0.25, -0.2) is 13.6 Å². The molecule has 1 aliphatic carbocycles. The standard InChI is InChI=1S/C12H15F5N2O2/c1-6-8(10(20)21)19(18-9(6)12(15,16)17)5-7-2-3-11(13,14)4-7/h6-8H,2-5H2,1H3,(H,20,21). The molecule has 0 amide bonds. The third-order valence-corrected chi connectivity index (χ3v) is 3.96. The minimum Gasteiger partial charge on any atom is -0.480 e. The highest BCUT2D eigenvalue weighted by atomic mass is 19.4. The highest BCUT2D eigenvalue weighted by molar-refractivity contribution is 5.97. The molecule has 2 rings (SSSR count). The summed E-state index contributed by atoms with van der Waals surface area (Å²) in [6.45, 7) is 0.935. The second-order valence-electron chi connectivity index (χ2n) is 5.64. The van der Waals surface area contributed by atoms with Crippen molar-refractivity contribution in [2.75, 3.05) is 6.54 Å². The molecule has 0 radical (unpaired) electrons. The van der Waals surface area contributed by atoms with Gasteiger partial charge in [-0.1, -0.05) is 6.92 Å². The number of alkyl halides is 5. The molecule has 9 heteroatoms. The Morgan fingerprint density at radius 1 is 1.48 bits per heavy atom. The first-order valence-corrected chi connectivity index (χ1v) is 6.54. The molecule has 21 heavy (non-hydrogen) atoms. The van der Waals surface area contributed by atoms with Crippen LogP contribution in [-0.2, 0) is 4.79 Å². The topological polar surface area (TPSA) is 52.9 Å². The van der Waals surface area contributed by atoms with Crippen LogP contribution in [0.2, 0.25) is 0 Å². The summed E-state index contributed by atoms with van der Waals surface area (Å²) in [4.78, 5) is 11.2. The molecule has 0 spiro atoms. The maximum Gasteiger partial charge on any atom is 0.431 e. The number of carbonyl (C=O) groups is 1. The van der Waals surface area contributed by atoms with Gasteiger partial charge in [0, 0.05) is 25.3 Å². The molecule has 1 N–H and O–H groups in total. The fraction of sp³-hybridized carbons (Fsp3) is 0.833. The Morgan fingerprint density at radius 2 is 2.10 bits per heavy atom. The Labute approximate surface area is 117 Å². The summed E-state index contributed by atoms with van der Waals surface area (Å²) in [7, 11) is 0. The smallest absolute Gasteiger partial charge is 0.431 e. The Morgan fingerprint density at radius 3 is 2.52 bits per heavy atom. The van der Waals surface area contributed by atoms with Gasteiger partial charge in [0.2, 0.25) is 5.92 Å². The van der Waals surface area contributed by atoms with Crippen molar-refractivity contribution in [3.05, 3.63) is 0 Å². The van der Waals surface area contributed by atoms with Crippen LogP contribution in [0.15, 0.2) is 5.10 Å². The van der Waals surface area contributed by atoms with Gasteiger partial charge in [0.25, 0.3) is 0 Å². The third kappa shape index (κ3) is 3.26. The second kappa shape index (κ2) is 5.10. The van der Waals surface area contributed by atoms with Gasteiger partial charge in [-0.3, -0.25) is 5.01 Å². The van der Waals surface area contributed by atoms with E-state index in [0.717, 1.165) is 11.9 Å². The number of nitrogens with zero attached hydrogens (tertiary/aromatic N) is 2. The summed E-state index contributed by atoms with van der Waals surface area (Å²) in [5.41, 5.74) is -1.17. The minimum atomic E-state index is -4.72. The molecule has 120 valence electrons. The van der Waals surface area contributed by atoms with Gasteiger partial charge in [0.05, 0.1) is 0 Å². The third-order valence-electron chi connectivity index (χ3n) is 3.96. The number of halogens is 5. The maximum absolute atomic E-state index is 13.1. The van der Waals surface area contributed by atoms with Crippen LogP contribution >= 0.6 is 0 Å². The number of rotatable bonds is 3. The zero-order valence-electron chi connectivity index (χ0n) is 11.2. The molecule has 1 fully saturated rings. The zero-order valence-corrected chi connectivity index (χ0v) is 11.2. The number of hydrazone groups is 1. The molecule has 3 unspecified atom stereocenters. The van der Waals surface area contributed by atoms with Crippen molar-refractivity contribution in [2.24, 2.45) is 16.9 Å². The highest BCUT2D eigenvalue weighted by Gasteiger charge is 2.51. The number of carboxylic acids is 1. The Hall–Kier alpha value is -1.41. The van der Waals surface area contributed by atoms with Crippen molar-refractivity contribution >= 4 is 11.7 Å². The minimum absolute atomic E-state index is 0.154. The van der Waals surface area contributed by atoms with E-state index in [1.54, 1.807) is 0 Å². The molecular weight excluding hydrogens is 299 g/mol.